The highest BCUT2D eigenvalue weighted by Crippen LogP contribution is 2.16. The van der Waals surface area contributed by atoms with E-state index in [0.717, 1.165) is 0 Å². The molecule has 0 atom stereocenters. The number of ether oxygens (including phenoxy) is 2. The molecule has 0 rings (SSSR count). The first-order valence-electron chi connectivity index (χ1n) is 7.37. The molecule has 142 valence electrons. The van der Waals surface area contributed by atoms with Crippen LogP contribution in [0.3, 0.4) is 0 Å². The predicted octanol–water partition coefficient (Wildman–Crippen LogP) is -0.0643. The summed E-state index contributed by atoms with van der Waals surface area (Å²) in [6.45, 7) is 12.2. The maximum atomic E-state index is 10.3. The van der Waals surface area contributed by atoms with E-state index >= 15 is 0 Å². The number of hydrogen-bond donors (Lipinski definition) is 1. The molecule has 11 heteroatoms. The number of hydrogen-bond acceptors (Lipinski definition) is 9. The molecule has 0 heterocycles. The van der Waals surface area contributed by atoms with Crippen LogP contribution in [-0.4, -0.2) is 52.0 Å². The van der Waals surface area contributed by atoms with Gasteiger partial charge in [-0.2, -0.15) is 0 Å². The summed E-state index contributed by atoms with van der Waals surface area (Å²) < 4.78 is 44.5. The minimum absolute atomic E-state index is 0.173. The third-order valence-corrected chi connectivity index (χ3v) is 2.36. The van der Waals surface area contributed by atoms with Crippen LogP contribution < -0.4 is 5.39 Å². The predicted molar refractivity (Wildman–Crippen MR) is 78.3 cm³/mol. The molecule has 0 aromatic rings. The smallest absolute Gasteiger partial charge is 0.294 e. The summed E-state index contributed by atoms with van der Waals surface area (Å²) in [5.74, 6) is -1.82. The molecule has 0 aliphatic heterocycles. The van der Waals surface area contributed by atoms with E-state index in [2.05, 4.69) is 4.18 Å². The molecule has 23 heavy (non-hydrogen) atoms. The van der Waals surface area contributed by atoms with Gasteiger partial charge in [-0.3, -0.25) is 0 Å². The van der Waals surface area contributed by atoms with Gasteiger partial charge in [0, 0.05) is 20.1 Å². The molecule has 0 aromatic carbocycles. The molecule has 0 unspecified atom stereocenters. The molecule has 0 saturated heterocycles. The van der Waals surface area contributed by atoms with Gasteiger partial charge in [0.1, 0.15) is 19.8 Å². The molecule has 1 N–H and O–H groups in total. The lowest BCUT2D eigenvalue weighted by Crippen LogP contribution is -3.09. The molecule has 0 radical (unpaired) electrons. The van der Waals surface area contributed by atoms with E-state index in [9.17, 15) is 13.0 Å². The van der Waals surface area contributed by atoms with Crippen molar-refractivity contribution in [3.63, 3.8) is 0 Å². The molecular weight excluding hydrogens is 334 g/mol. The molecular formula is C12H29NO9S. The van der Waals surface area contributed by atoms with Gasteiger partial charge in [-0.05, 0) is 34.6 Å². The van der Waals surface area contributed by atoms with Crippen molar-refractivity contribution in [1.82, 2.24) is 0 Å². The second-order valence-corrected chi connectivity index (χ2v) is 4.75. The largest absolute Gasteiger partial charge is 0.725 e. The summed E-state index contributed by atoms with van der Waals surface area (Å²) in [5, 5.41) is 0.285. The summed E-state index contributed by atoms with van der Waals surface area (Å²) in [5.41, 5.74) is 0. The normalized spacial score (nSPS) is 12.2. The van der Waals surface area contributed by atoms with Crippen LogP contribution in [0.5, 0.6) is 0 Å². The van der Waals surface area contributed by atoms with Crippen LogP contribution >= 0.6 is 0 Å². The lowest BCUT2D eigenvalue weighted by atomic mass is 10.6. The van der Waals surface area contributed by atoms with Crippen LogP contribution in [0.2, 0.25) is 0 Å². The number of nitrogens with one attached hydrogen (secondary N) is 1. The van der Waals surface area contributed by atoms with Crippen molar-refractivity contribution >= 4 is 10.4 Å². The first-order valence-corrected chi connectivity index (χ1v) is 8.70. The minimum Gasteiger partial charge on any atom is -0.725 e. The second kappa shape index (κ2) is 14.0. The molecule has 0 fully saturated rings. The van der Waals surface area contributed by atoms with Crippen LogP contribution in [0.1, 0.15) is 41.5 Å². The molecule has 0 aliphatic carbocycles. The van der Waals surface area contributed by atoms with Gasteiger partial charge in [-0.1, -0.05) is 0 Å². The molecule has 0 saturated carbocycles. The highest BCUT2D eigenvalue weighted by molar-refractivity contribution is 7.80. The Morgan fingerprint density at radius 3 is 1.39 bits per heavy atom. The lowest BCUT2D eigenvalue weighted by Gasteiger charge is -2.28. The molecule has 10 nitrogen and oxygen atoms in total. The molecule has 0 amide bonds. The van der Waals surface area contributed by atoms with E-state index in [4.69, 9.17) is 24.0 Å². The van der Waals surface area contributed by atoms with Gasteiger partial charge in [0.15, 0.2) is 0 Å². The van der Waals surface area contributed by atoms with Gasteiger partial charge < -0.3 is 14.0 Å². The van der Waals surface area contributed by atoms with Crippen LogP contribution in [0.15, 0.2) is 0 Å². The van der Waals surface area contributed by atoms with E-state index in [0.29, 0.717) is 19.8 Å². The summed E-state index contributed by atoms with van der Waals surface area (Å²) in [6.07, 6.45) is 0. The third-order valence-electron chi connectivity index (χ3n) is 1.85. The van der Waals surface area contributed by atoms with Crippen molar-refractivity contribution in [2.24, 2.45) is 0 Å². The maximum absolute atomic E-state index is 10.3. The van der Waals surface area contributed by atoms with E-state index in [1.807, 2.05) is 20.8 Å². The molecule has 0 bridgehead atoms. The van der Waals surface area contributed by atoms with Gasteiger partial charge in [0.05, 0.1) is 5.39 Å². The average molecular weight is 363 g/mol. The Labute approximate surface area is 138 Å². The third kappa shape index (κ3) is 16.3. The van der Waals surface area contributed by atoms with Crippen LogP contribution in [-0.2, 0) is 38.6 Å². The van der Waals surface area contributed by atoms with Crippen molar-refractivity contribution in [3.05, 3.63) is 0 Å². The van der Waals surface area contributed by atoms with Crippen molar-refractivity contribution in [2.45, 2.75) is 47.5 Å². The van der Waals surface area contributed by atoms with E-state index in [1.165, 1.54) is 6.92 Å². The summed E-state index contributed by atoms with van der Waals surface area (Å²) in [4.78, 5) is 15.0. The SMILES string of the molecule is CCOC(C)(OCC)OS(=O)(=O)[O-].CCO[NH+](OCC)OCC. The highest BCUT2D eigenvalue weighted by Gasteiger charge is 2.29. The van der Waals surface area contributed by atoms with Crippen LogP contribution in [0.4, 0.5) is 0 Å². The quantitative estimate of drug-likeness (QED) is 0.220. The van der Waals surface area contributed by atoms with Gasteiger partial charge in [-0.15, -0.1) is 14.5 Å². The highest BCUT2D eigenvalue weighted by atomic mass is 32.3. The zero-order chi connectivity index (χ0) is 18.4. The van der Waals surface area contributed by atoms with E-state index < -0.39 is 16.4 Å². The number of quaternary nitrogens is 1. The maximum Gasteiger partial charge on any atom is 0.294 e. The van der Waals surface area contributed by atoms with Crippen molar-refractivity contribution in [1.29, 1.82) is 0 Å². The number of rotatable bonds is 12. The summed E-state index contributed by atoms with van der Waals surface area (Å²) >= 11 is 0. The first kappa shape index (κ1) is 24.9. The van der Waals surface area contributed by atoms with Crippen LogP contribution in [0, 0.1) is 0 Å². The van der Waals surface area contributed by atoms with Gasteiger partial charge in [0.2, 0.25) is 10.4 Å². The molecule has 0 aromatic heterocycles. The lowest BCUT2D eigenvalue weighted by molar-refractivity contribution is -1.37. The average Bonchev–Trinajstić information content (AvgIpc) is 2.38. The Hall–Kier alpha value is -0.370. The van der Waals surface area contributed by atoms with Crippen molar-refractivity contribution < 1.29 is 46.5 Å². The molecule has 0 spiro atoms. The topological polar surface area (TPSA) is 117 Å². The van der Waals surface area contributed by atoms with Gasteiger partial charge >= 0.3 is 0 Å². The van der Waals surface area contributed by atoms with Crippen LogP contribution in [0.25, 0.3) is 0 Å². The van der Waals surface area contributed by atoms with Gasteiger partial charge in [0.25, 0.3) is 5.97 Å². The zero-order valence-electron chi connectivity index (χ0n) is 14.6. The van der Waals surface area contributed by atoms with Crippen molar-refractivity contribution in [2.75, 3.05) is 33.0 Å². The first-order chi connectivity index (χ1) is 10.7. The second-order valence-electron chi connectivity index (χ2n) is 3.77. The Bertz CT molecular complexity index is 343. The van der Waals surface area contributed by atoms with E-state index in [1.54, 1.807) is 13.8 Å². The Morgan fingerprint density at radius 1 is 0.826 bits per heavy atom. The summed E-state index contributed by atoms with van der Waals surface area (Å²) in [6, 6.07) is 0. The minimum atomic E-state index is -4.83. The standard InChI is InChI=1S/C6H16NO3.C6H14O6S/c1-4-8-7(9-5-2)10-6-3;1-4-10-6(3,11-5-2)12-13(7,8)9/h7H,4-6H2,1-3H3;4-5H2,1-3H3,(H,7,8,9)/q+1;/p-1. The Morgan fingerprint density at radius 2 is 1.17 bits per heavy atom. The fourth-order valence-electron chi connectivity index (χ4n) is 1.28. The molecule has 0 aliphatic rings. The monoisotopic (exact) mass is 363 g/mol. The fraction of sp³-hybridized carbons (Fsp3) is 1.00. The Balaban J connectivity index is 0. The fourth-order valence-corrected chi connectivity index (χ4v) is 1.75. The van der Waals surface area contributed by atoms with E-state index in [-0.39, 0.29) is 18.6 Å². The summed E-state index contributed by atoms with van der Waals surface area (Å²) in [7, 11) is -4.83. The zero-order valence-corrected chi connectivity index (χ0v) is 15.4. The van der Waals surface area contributed by atoms with Gasteiger partial charge in [-0.25, -0.2) is 12.6 Å². The Kier molecular flexibility index (Phi) is 15.2. The van der Waals surface area contributed by atoms with Crippen molar-refractivity contribution in [3.8, 4) is 0 Å².